The summed E-state index contributed by atoms with van der Waals surface area (Å²) < 4.78 is 0. The molecule has 2 heterocycles. The van der Waals surface area contributed by atoms with E-state index in [0.29, 0.717) is 22.7 Å². The van der Waals surface area contributed by atoms with Crippen LogP contribution in [-0.4, -0.2) is 27.3 Å². The SMILES string of the molecule is Cc1nc(C2CCCN2C(=O)c2ccc(C#N)c(Cl)c2)[nH]c1C. The molecule has 0 saturated carbocycles. The van der Waals surface area contributed by atoms with Crippen molar-refractivity contribution in [3.8, 4) is 6.07 Å². The number of rotatable bonds is 2. The molecule has 0 aliphatic carbocycles. The van der Waals surface area contributed by atoms with Gasteiger partial charge in [-0.2, -0.15) is 5.26 Å². The number of aromatic nitrogens is 2. The molecule has 3 rings (SSSR count). The zero-order valence-corrected chi connectivity index (χ0v) is 13.8. The fourth-order valence-corrected chi connectivity index (χ4v) is 3.15. The van der Waals surface area contributed by atoms with Gasteiger partial charge in [0.2, 0.25) is 0 Å². The molecular weight excluding hydrogens is 312 g/mol. The van der Waals surface area contributed by atoms with Crippen LogP contribution in [0.2, 0.25) is 5.02 Å². The second-order valence-corrected chi connectivity index (χ2v) is 6.20. The highest BCUT2D eigenvalue weighted by atomic mass is 35.5. The summed E-state index contributed by atoms with van der Waals surface area (Å²) >= 11 is 6.05. The number of imidazole rings is 1. The first-order valence-electron chi connectivity index (χ1n) is 7.55. The van der Waals surface area contributed by atoms with Crippen molar-refractivity contribution in [2.75, 3.05) is 6.54 Å². The summed E-state index contributed by atoms with van der Waals surface area (Å²) in [5.74, 6) is 0.760. The van der Waals surface area contributed by atoms with Gasteiger partial charge < -0.3 is 9.88 Å². The molecule has 1 fully saturated rings. The van der Waals surface area contributed by atoms with Crippen LogP contribution in [0.25, 0.3) is 0 Å². The van der Waals surface area contributed by atoms with Crippen LogP contribution in [-0.2, 0) is 0 Å². The lowest BCUT2D eigenvalue weighted by molar-refractivity contribution is 0.0730. The van der Waals surface area contributed by atoms with Gasteiger partial charge in [0, 0.05) is 17.8 Å². The molecule has 1 saturated heterocycles. The van der Waals surface area contributed by atoms with E-state index < -0.39 is 0 Å². The lowest BCUT2D eigenvalue weighted by atomic mass is 10.1. The number of aryl methyl sites for hydroxylation is 2. The molecule has 5 nitrogen and oxygen atoms in total. The summed E-state index contributed by atoms with van der Waals surface area (Å²) in [5, 5.41) is 9.24. The average molecular weight is 329 g/mol. The molecular formula is C17H17ClN4O. The molecule has 118 valence electrons. The van der Waals surface area contributed by atoms with Crippen LogP contribution in [0, 0.1) is 25.2 Å². The Hall–Kier alpha value is -2.32. The molecule has 1 unspecified atom stereocenters. The van der Waals surface area contributed by atoms with Crippen molar-refractivity contribution >= 4 is 17.5 Å². The number of hydrogen-bond acceptors (Lipinski definition) is 3. The zero-order chi connectivity index (χ0) is 16.6. The minimum atomic E-state index is -0.0782. The number of benzene rings is 1. The first-order chi connectivity index (χ1) is 11.0. The molecule has 1 aromatic carbocycles. The first-order valence-corrected chi connectivity index (χ1v) is 7.92. The van der Waals surface area contributed by atoms with Crippen molar-refractivity contribution in [3.63, 3.8) is 0 Å². The van der Waals surface area contributed by atoms with E-state index in [1.807, 2.05) is 24.8 Å². The second-order valence-electron chi connectivity index (χ2n) is 5.80. The lowest BCUT2D eigenvalue weighted by Crippen LogP contribution is -2.31. The van der Waals surface area contributed by atoms with Crippen LogP contribution in [0.1, 0.15) is 52.0 Å². The fraction of sp³-hybridized carbons (Fsp3) is 0.353. The van der Waals surface area contributed by atoms with Gasteiger partial charge in [0.15, 0.2) is 0 Å². The normalized spacial score (nSPS) is 17.3. The van der Waals surface area contributed by atoms with Crippen molar-refractivity contribution in [3.05, 3.63) is 51.6 Å². The van der Waals surface area contributed by atoms with Crippen LogP contribution >= 0.6 is 11.6 Å². The van der Waals surface area contributed by atoms with E-state index in [4.69, 9.17) is 16.9 Å². The highest BCUT2D eigenvalue weighted by Crippen LogP contribution is 2.32. The van der Waals surface area contributed by atoms with E-state index in [1.54, 1.807) is 18.2 Å². The number of carbonyl (C=O) groups excluding carboxylic acids is 1. The Kier molecular flexibility index (Phi) is 4.10. The Balaban J connectivity index is 1.89. The minimum absolute atomic E-state index is 0.0377. The van der Waals surface area contributed by atoms with E-state index in [2.05, 4.69) is 9.97 Å². The maximum absolute atomic E-state index is 12.8. The van der Waals surface area contributed by atoms with Gasteiger partial charge in [-0.3, -0.25) is 4.79 Å². The largest absolute Gasteiger partial charge is 0.344 e. The molecule has 0 spiro atoms. The Labute approximate surface area is 139 Å². The van der Waals surface area contributed by atoms with Gasteiger partial charge in [0.25, 0.3) is 5.91 Å². The number of nitrogens with zero attached hydrogens (tertiary/aromatic N) is 3. The third kappa shape index (κ3) is 2.82. The third-order valence-corrected chi connectivity index (χ3v) is 4.62. The Morgan fingerprint density at radius 3 is 2.87 bits per heavy atom. The molecule has 2 aromatic rings. The number of H-pyrrole nitrogens is 1. The zero-order valence-electron chi connectivity index (χ0n) is 13.1. The number of likely N-dealkylation sites (tertiary alicyclic amines) is 1. The molecule has 1 aliphatic heterocycles. The molecule has 0 bridgehead atoms. The highest BCUT2D eigenvalue weighted by molar-refractivity contribution is 6.32. The molecule has 6 heteroatoms. The van der Waals surface area contributed by atoms with Gasteiger partial charge in [-0.15, -0.1) is 0 Å². The Morgan fingerprint density at radius 1 is 1.48 bits per heavy atom. The van der Waals surface area contributed by atoms with Crippen LogP contribution in [0.15, 0.2) is 18.2 Å². The standard InChI is InChI=1S/C17H17ClN4O/c1-10-11(2)21-16(20-10)15-4-3-7-22(15)17(23)12-5-6-13(9-19)14(18)8-12/h5-6,8,15H,3-4,7H2,1-2H3,(H,20,21). The van der Waals surface area contributed by atoms with Gasteiger partial charge >= 0.3 is 0 Å². The van der Waals surface area contributed by atoms with Crippen molar-refractivity contribution in [1.82, 2.24) is 14.9 Å². The van der Waals surface area contributed by atoms with Crippen LogP contribution in [0.3, 0.4) is 0 Å². The first kappa shape index (κ1) is 15.6. The number of halogens is 1. The van der Waals surface area contributed by atoms with Crippen molar-refractivity contribution in [2.45, 2.75) is 32.7 Å². The van der Waals surface area contributed by atoms with Gasteiger partial charge in [0.05, 0.1) is 22.3 Å². The quantitative estimate of drug-likeness (QED) is 0.916. The van der Waals surface area contributed by atoms with E-state index in [1.165, 1.54) is 0 Å². The number of nitriles is 1. The van der Waals surface area contributed by atoms with Crippen molar-refractivity contribution in [2.24, 2.45) is 0 Å². The molecule has 1 amide bonds. The average Bonchev–Trinajstić information content (AvgIpc) is 3.14. The van der Waals surface area contributed by atoms with E-state index in [9.17, 15) is 4.79 Å². The number of aromatic amines is 1. The predicted molar refractivity (Wildman–Crippen MR) is 87.2 cm³/mol. The summed E-state index contributed by atoms with van der Waals surface area (Å²) in [4.78, 5) is 22.5. The molecule has 1 aromatic heterocycles. The molecule has 0 radical (unpaired) electrons. The third-order valence-electron chi connectivity index (χ3n) is 4.31. The summed E-state index contributed by atoms with van der Waals surface area (Å²) in [7, 11) is 0. The number of amides is 1. The van der Waals surface area contributed by atoms with E-state index in [0.717, 1.165) is 30.1 Å². The molecule has 1 atom stereocenters. The number of carbonyl (C=O) groups is 1. The highest BCUT2D eigenvalue weighted by Gasteiger charge is 2.32. The lowest BCUT2D eigenvalue weighted by Gasteiger charge is -2.23. The van der Waals surface area contributed by atoms with E-state index >= 15 is 0 Å². The smallest absolute Gasteiger partial charge is 0.254 e. The fourth-order valence-electron chi connectivity index (χ4n) is 2.93. The topological polar surface area (TPSA) is 72.8 Å². The van der Waals surface area contributed by atoms with Gasteiger partial charge in [0.1, 0.15) is 11.9 Å². The van der Waals surface area contributed by atoms with Gasteiger partial charge in [-0.25, -0.2) is 4.98 Å². The van der Waals surface area contributed by atoms with Crippen LogP contribution in [0.5, 0.6) is 0 Å². The predicted octanol–water partition coefficient (Wildman–Crippen LogP) is 3.53. The van der Waals surface area contributed by atoms with Gasteiger partial charge in [-0.1, -0.05) is 11.6 Å². The summed E-state index contributed by atoms with van der Waals surface area (Å²) in [5.41, 5.74) is 2.86. The maximum atomic E-state index is 12.8. The maximum Gasteiger partial charge on any atom is 0.254 e. The van der Waals surface area contributed by atoms with Crippen molar-refractivity contribution < 1.29 is 4.79 Å². The minimum Gasteiger partial charge on any atom is -0.344 e. The van der Waals surface area contributed by atoms with Crippen LogP contribution in [0.4, 0.5) is 0 Å². The Morgan fingerprint density at radius 2 is 2.26 bits per heavy atom. The Bertz CT molecular complexity index is 786. The summed E-state index contributed by atoms with van der Waals surface area (Å²) in [6, 6.07) is 6.77. The van der Waals surface area contributed by atoms with E-state index in [-0.39, 0.29) is 11.9 Å². The van der Waals surface area contributed by atoms with Crippen LogP contribution < -0.4 is 0 Å². The molecule has 1 aliphatic rings. The second kappa shape index (κ2) is 6.05. The molecule has 1 N–H and O–H groups in total. The number of hydrogen-bond donors (Lipinski definition) is 1. The monoisotopic (exact) mass is 328 g/mol. The summed E-state index contributed by atoms with van der Waals surface area (Å²) in [6.45, 7) is 4.63. The molecule has 23 heavy (non-hydrogen) atoms. The summed E-state index contributed by atoms with van der Waals surface area (Å²) in [6.07, 6.45) is 1.83. The van der Waals surface area contributed by atoms with Crippen molar-refractivity contribution in [1.29, 1.82) is 5.26 Å². The number of nitrogens with one attached hydrogen (secondary N) is 1. The van der Waals surface area contributed by atoms with Gasteiger partial charge in [-0.05, 0) is 44.9 Å².